The van der Waals surface area contributed by atoms with Crippen LogP contribution in [0.15, 0.2) is 23.5 Å². The van der Waals surface area contributed by atoms with E-state index in [0.717, 1.165) is 25.5 Å². The maximum absolute atomic E-state index is 6.18. The van der Waals surface area contributed by atoms with Crippen molar-refractivity contribution in [3.8, 4) is 0 Å². The Morgan fingerprint density at radius 3 is 2.76 bits per heavy atom. The van der Waals surface area contributed by atoms with Gasteiger partial charge in [-0.15, -0.1) is 0 Å². The average molecular weight is 291 g/mol. The first kappa shape index (κ1) is 14.4. The molecule has 0 saturated heterocycles. The Labute approximate surface area is 126 Å². The maximum atomic E-state index is 6.18. The summed E-state index contributed by atoms with van der Waals surface area (Å²) in [4.78, 5) is 6.68. The van der Waals surface area contributed by atoms with E-state index in [1.165, 1.54) is 0 Å². The summed E-state index contributed by atoms with van der Waals surface area (Å²) in [5.41, 5.74) is -0.136. The number of aliphatic imine (C=N–C) groups is 1. The minimum absolute atomic E-state index is 0.136. The van der Waals surface area contributed by atoms with Gasteiger partial charge < -0.3 is 15.0 Å². The third-order valence-corrected chi connectivity index (χ3v) is 3.99. The zero-order valence-electron chi connectivity index (χ0n) is 13.3. The van der Waals surface area contributed by atoms with Crippen LogP contribution < -0.4 is 5.32 Å². The van der Waals surface area contributed by atoms with Gasteiger partial charge in [-0.25, -0.2) is 0 Å². The average Bonchev–Trinajstić information content (AvgIpc) is 2.99. The molecule has 3 unspecified atom stereocenters. The smallest absolute Gasteiger partial charge is 0.194 e. The summed E-state index contributed by atoms with van der Waals surface area (Å²) < 4.78 is 8.18. The van der Waals surface area contributed by atoms with E-state index in [-0.39, 0.29) is 17.7 Å². The number of hydrogen-bond acceptors (Lipinski definition) is 5. The predicted molar refractivity (Wildman–Crippen MR) is 82.4 cm³/mol. The van der Waals surface area contributed by atoms with Crippen LogP contribution in [-0.4, -0.2) is 58.5 Å². The fourth-order valence-electron chi connectivity index (χ4n) is 2.97. The Balaban J connectivity index is 1.70. The van der Waals surface area contributed by atoms with Crippen LogP contribution in [0.1, 0.15) is 33.2 Å². The number of rotatable bonds is 3. The van der Waals surface area contributed by atoms with Gasteiger partial charge in [0.05, 0.1) is 30.3 Å². The highest BCUT2D eigenvalue weighted by Crippen LogP contribution is 2.37. The number of aromatic nitrogens is 2. The van der Waals surface area contributed by atoms with Crippen molar-refractivity contribution in [2.45, 2.75) is 51.0 Å². The number of ether oxygens (including phenoxy) is 1. The number of nitrogens with one attached hydrogen (secondary N) is 1. The summed E-state index contributed by atoms with van der Waals surface area (Å²) in [5.74, 6) is 0.992. The Morgan fingerprint density at radius 1 is 1.38 bits per heavy atom. The minimum atomic E-state index is -0.136. The van der Waals surface area contributed by atoms with Crippen LogP contribution >= 0.6 is 0 Å². The molecule has 3 atom stereocenters. The van der Waals surface area contributed by atoms with Gasteiger partial charge in [-0.05, 0) is 33.3 Å². The Morgan fingerprint density at radius 2 is 2.19 bits per heavy atom. The van der Waals surface area contributed by atoms with E-state index in [1.807, 2.05) is 23.1 Å². The number of likely N-dealkylation sites (N-methyl/N-ethyl adjacent to an activating group) is 1. The molecule has 6 heteroatoms. The topological polar surface area (TPSA) is 54.7 Å². The van der Waals surface area contributed by atoms with E-state index in [0.29, 0.717) is 6.04 Å². The SMILES string of the molecule is CN1CCN=C1NC1CC(OC(C)(C)C)C1n1cccn1. The van der Waals surface area contributed by atoms with Crippen molar-refractivity contribution in [2.75, 3.05) is 20.1 Å². The third-order valence-electron chi connectivity index (χ3n) is 3.99. The summed E-state index contributed by atoms with van der Waals surface area (Å²) in [6, 6.07) is 2.50. The molecule has 0 aromatic carbocycles. The van der Waals surface area contributed by atoms with Crippen molar-refractivity contribution in [3.05, 3.63) is 18.5 Å². The summed E-state index contributed by atoms with van der Waals surface area (Å²) >= 11 is 0. The highest BCUT2D eigenvalue weighted by molar-refractivity contribution is 5.81. The van der Waals surface area contributed by atoms with E-state index in [9.17, 15) is 0 Å². The van der Waals surface area contributed by atoms with E-state index < -0.39 is 0 Å². The molecule has 3 rings (SSSR count). The molecular weight excluding hydrogens is 266 g/mol. The Bertz CT molecular complexity index is 505. The van der Waals surface area contributed by atoms with Gasteiger partial charge >= 0.3 is 0 Å². The summed E-state index contributed by atoms with van der Waals surface area (Å²) in [5, 5.41) is 7.96. The standard InChI is InChI=1S/C15H25N5O/c1-15(2,3)21-12-10-11(13(12)20-8-5-6-17-20)18-14-16-7-9-19(14)4/h5-6,8,11-13H,7,9-10H2,1-4H3,(H,16,18). The lowest BCUT2D eigenvalue weighted by Gasteiger charge is -2.47. The number of hydrogen-bond donors (Lipinski definition) is 1. The second-order valence-corrected chi connectivity index (χ2v) is 6.86. The van der Waals surface area contributed by atoms with Crippen LogP contribution in [0, 0.1) is 0 Å². The van der Waals surface area contributed by atoms with Crippen molar-refractivity contribution in [3.63, 3.8) is 0 Å². The predicted octanol–water partition coefficient (Wildman–Crippen LogP) is 1.27. The van der Waals surface area contributed by atoms with Crippen LogP contribution in [0.4, 0.5) is 0 Å². The highest BCUT2D eigenvalue weighted by Gasteiger charge is 2.46. The highest BCUT2D eigenvalue weighted by atomic mass is 16.5. The molecule has 0 spiro atoms. The van der Waals surface area contributed by atoms with Gasteiger partial charge in [0.25, 0.3) is 0 Å². The fraction of sp³-hybridized carbons (Fsp3) is 0.733. The minimum Gasteiger partial charge on any atom is -0.370 e. The summed E-state index contributed by atoms with van der Waals surface area (Å²) in [6.07, 6.45) is 5.00. The maximum Gasteiger partial charge on any atom is 0.194 e. The molecule has 0 radical (unpaired) electrons. The molecule has 1 fully saturated rings. The van der Waals surface area contributed by atoms with E-state index in [2.05, 4.69) is 48.1 Å². The van der Waals surface area contributed by atoms with Gasteiger partial charge in [-0.1, -0.05) is 0 Å². The molecule has 0 amide bonds. The van der Waals surface area contributed by atoms with Crippen LogP contribution in [0.3, 0.4) is 0 Å². The lowest BCUT2D eigenvalue weighted by Crippen LogP contribution is -2.59. The van der Waals surface area contributed by atoms with Gasteiger partial charge in [0.15, 0.2) is 5.96 Å². The summed E-state index contributed by atoms with van der Waals surface area (Å²) in [7, 11) is 2.07. The first-order valence-electron chi connectivity index (χ1n) is 7.63. The van der Waals surface area contributed by atoms with E-state index in [4.69, 9.17) is 4.74 Å². The lowest BCUT2D eigenvalue weighted by molar-refractivity contribution is -0.132. The van der Waals surface area contributed by atoms with Gasteiger partial charge in [0, 0.05) is 26.0 Å². The molecule has 1 saturated carbocycles. The van der Waals surface area contributed by atoms with Crippen molar-refractivity contribution in [1.29, 1.82) is 0 Å². The number of guanidine groups is 1. The van der Waals surface area contributed by atoms with Gasteiger partial charge in [-0.3, -0.25) is 9.67 Å². The van der Waals surface area contributed by atoms with Crippen molar-refractivity contribution < 1.29 is 4.74 Å². The zero-order chi connectivity index (χ0) is 15.0. The van der Waals surface area contributed by atoms with Crippen molar-refractivity contribution >= 4 is 5.96 Å². The molecule has 1 N–H and O–H groups in total. The molecular formula is C15H25N5O. The van der Waals surface area contributed by atoms with Crippen LogP contribution in [-0.2, 0) is 4.74 Å². The quantitative estimate of drug-likeness (QED) is 0.911. The first-order chi connectivity index (χ1) is 9.94. The van der Waals surface area contributed by atoms with E-state index >= 15 is 0 Å². The molecule has 2 heterocycles. The molecule has 21 heavy (non-hydrogen) atoms. The monoisotopic (exact) mass is 291 g/mol. The van der Waals surface area contributed by atoms with E-state index in [1.54, 1.807) is 0 Å². The molecule has 1 aliphatic heterocycles. The second kappa shape index (κ2) is 5.33. The van der Waals surface area contributed by atoms with Gasteiger partial charge in [-0.2, -0.15) is 5.10 Å². The third kappa shape index (κ3) is 3.05. The van der Waals surface area contributed by atoms with Crippen LogP contribution in [0.5, 0.6) is 0 Å². The fourth-order valence-corrected chi connectivity index (χ4v) is 2.97. The van der Waals surface area contributed by atoms with Crippen molar-refractivity contribution in [1.82, 2.24) is 20.0 Å². The summed E-state index contributed by atoms with van der Waals surface area (Å²) in [6.45, 7) is 8.16. The lowest BCUT2D eigenvalue weighted by atomic mass is 9.82. The normalized spacial score (nSPS) is 29.2. The first-order valence-corrected chi connectivity index (χ1v) is 7.63. The molecule has 116 valence electrons. The van der Waals surface area contributed by atoms with Gasteiger partial charge in [0.1, 0.15) is 0 Å². The van der Waals surface area contributed by atoms with Crippen LogP contribution in [0.2, 0.25) is 0 Å². The van der Waals surface area contributed by atoms with Crippen LogP contribution in [0.25, 0.3) is 0 Å². The molecule has 1 aliphatic carbocycles. The largest absolute Gasteiger partial charge is 0.370 e. The zero-order valence-corrected chi connectivity index (χ0v) is 13.3. The molecule has 2 aliphatic rings. The second-order valence-electron chi connectivity index (χ2n) is 6.86. The molecule has 1 aromatic rings. The molecule has 0 bridgehead atoms. The molecule has 6 nitrogen and oxygen atoms in total. The Kier molecular flexibility index (Phi) is 3.65. The number of nitrogens with zero attached hydrogens (tertiary/aromatic N) is 4. The van der Waals surface area contributed by atoms with Crippen molar-refractivity contribution in [2.24, 2.45) is 4.99 Å². The molecule has 1 aromatic heterocycles. The van der Waals surface area contributed by atoms with Gasteiger partial charge in [0.2, 0.25) is 0 Å². The Hall–Kier alpha value is -1.56.